The molecule has 17 heavy (non-hydrogen) atoms. The van der Waals surface area contributed by atoms with E-state index in [2.05, 4.69) is 23.2 Å². The summed E-state index contributed by atoms with van der Waals surface area (Å²) >= 11 is 0. The van der Waals surface area contributed by atoms with E-state index in [1.165, 1.54) is 7.11 Å². The number of nitriles is 1. The van der Waals surface area contributed by atoms with E-state index in [0.29, 0.717) is 19.0 Å². The van der Waals surface area contributed by atoms with Gasteiger partial charge in [0.25, 0.3) is 0 Å². The van der Waals surface area contributed by atoms with Gasteiger partial charge in [0, 0.05) is 25.6 Å². The van der Waals surface area contributed by atoms with Crippen molar-refractivity contribution in [2.75, 3.05) is 33.3 Å². The smallest absolute Gasteiger partial charge is 0.305 e. The Bertz CT molecular complexity index is 288. The second-order valence-corrected chi connectivity index (χ2v) is 4.49. The van der Waals surface area contributed by atoms with Crippen LogP contribution < -0.4 is 5.32 Å². The number of ether oxygens (including phenoxy) is 1. The van der Waals surface area contributed by atoms with E-state index in [1.807, 2.05) is 0 Å². The van der Waals surface area contributed by atoms with Gasteiger partial charge in [-0.25, -0.2) is 0 Å². The molecule has 96 valence electrons. The Balaban J connectivity index is 2.52. The van der Waals surface area contributed by atoms with E-state index in [0.717, 1.165) is 26.1 Å². The van der Waals surface area contributed by atoms with Crippen LogP contribution in [-0.4, -0.2) is 50.2 Å². The molecule has 5 heteroatoms. The number of carbonyl (C=O) groups excluding carboxylic acids is 1. The predicted molar refractivity (Wildman–Crippen MR) is 64.3 cm³/mol. The normalized spacial score (nSPS) is 25.2. The highest BCUT2D eigenvalue weighted by Gasteiger charge is 2.28. The van der Waals surface area contributed by atoms with Crippen LogP contribution in [-0.2, 0) is 9.53 Å². The summed E-state index contributed by atoms with van der Waals surface area (Å²) in [5, 5.41) is 12.1. The minimum absolute atomic E-state index is 0.163. The van der Waals surface area contributed by atoms with Crippen molar-refractivity contribution < 1.29 is 9.53 Å². The lowest BCUT2D eigenvalue weighted by Crippen LogP contribution is -2.49. The van der Waals surface area contributed by atoms with Crippen molar-refractivity contribution in [3.8, 4) is 6.07 Å². The number of nitrogens with zero attached hydrogens (tertiary/aromatic N) is 2. The van der Waals surface area contributed by atoms with Gasteiger partial charge in [-0.1, -0.05) is 6.92 Å². The van der Waals surface area contributed by atoms with Gasteiger partial charge in [0.05, 0.1) is 19.7 Å². The maximum atomic E-state index is 11.3. The Morgan fingerprint density at radius 1 is 1.59 bits per heavy atom. The summed E-state index contributed by atoms with van der Waals surface area (Å²) in [7, 11) is 1.42. The fourth-order valence-corrected chi connectivity index (χ4v) is 2.44. The number of hydrogen-bond acceptors (Lipinski definition) is 5. The molecule has 1 aliphatic heterocycles. The van der Waals surface area contributed by atoms with Crippen molar-refractivity contribution >= 4 is 5.97 Å². The molecule has 1 saturated heterocycles. The molecule has 1 heterocycles. The van der Waals surface area contributed by atoms with Crippen molar-refractivity contribution in [1.29, 1.82) is 5.26 Å². The molecule has 0 aliphatic carbocycles. The lowest BCUT2D eigenvalue weighted by atomic mass is 9.91. The number of methoxy groups -OCH3 is 1. The standard InChI is InChI=1S/C12H21N3O2/c1-3-14-11-6-10(7-12(16)17-2)8-15(9-11)5-4-13/h10-11,14H,3,5-9H2,1-2H3. The summed E-state index contributed by atoms with van der Waals surface area (Å²) in [6.07, 6.45) is 1.42. The first-order valence-corrected chi connectivity index (χ1v) is 6.09. The zero-order valence-electron chi connectivity index (χ0n) is 10.6. The third-order valence-electron chi connectivity index (χ3n) is 3.08. The molecule has 2 unspecified atom stereocenters. The van der Waals surface area contributed by atoms with Crippen LogP contribution in [0.4, 0.5) is 0 Å². The second-order valence-electron chi connectivity index (χ2n) is 4.49. The number of piperidine rings is 1. The summed E-state index contributed by atoms with van der Waals surface area (Å²) in [5.74, 6) is 0.123. The highest BCUT2D eigenvalue weighted by molar-refractivity contribution is 5.69. The van der Waals surface area contributed by atoms with Crippen LogP contribution in [0.3, 0.4) is 0 Å². The lowest BCUT2D eigenvalue weighted by Gasteiger charge is -2.36. The third kappa shape index (κ3) is 4.72. The van der Waals surface area contributed by atoms with Gasteiger partial charge in [-0.3, -0.25) is 9.69 Å². The average Bonchev–Trinajstić information content (AvgIpc) is 2.29. The van der Waals surface area contributed by atoms with Crippen LogP contribution in [0.2, 0.25) is 0 Å². The maximum Gasteiger partial charge on any atom is 0.305 e. The topological polar surface area (TPSA) is 65.4 Å². The van der Waals surface area contributed by atoms with Crippen molar-refractivity contribution in [3.63, 3.8) is 0 Å². The van der Waals surface area contributed by atoms with E-state index < -0.39 is 0 Å². The first-order chi connectivity index (χ1) is 8.19. The van der Waals surface area contributed by atoms with E-state index in [1.54, 1.807) is 0 Å². The fraction of sp³-hybridized carbons (Fsp3) is 0.833. The number of likely N-dealkylation sites (tertiary alicyclic amines) is 1. The molecule has 0 aromatic carbocycles. The van der Waals surface area contributed by atoms with Crippen LogP contribution in [0, 0.1) is 17.2 Å². The molecular formula is C12H21N3O2. The number of esters is 1. The molecule has 0 saturated carbocycles. The van der Waals surface area contributed by atoms with E-state index in [9.17, 15) is 4.79 Å². The first-order valence-electron chi connectivity index (χ1n) is 6.09. The molecule has 1 rings (SSSR count). The maximum absolute atomic E-state index is 11.3. The number of nitrogens with one attached hydrogen (secondary N) is 1. The van der Waals surface area contributed by atoms with Crippen LogP contribution in [0.25, 0.3) is 0 Å². The monoisotopic (exact) mass is 239 g/mol. The number of hydrogen-bond donors (Lipinski definition) is 1. The van der Waals surface area contributed by atoms with Gasteiger partial charge in [-0.05, 0) is 18.9 Å². The van der Waals surface area contributed by atoms with E-state index in [4.69, 9.17) is 10.00 Å². The molecule has 0 amide bonds. The summed E-state index contributed by atoms with van der Waals surface area (Å²) < 4.78 is 4.70. The molecule has 0 bridgehead atoms. The molecule has 5 nitrogen and oxygen atoms in total. The summed E-state index contributed by atoms with van der Waals surface area (Å²) in [6.45, 7) is 5.11. The van der Waals surface area contributed by atoms with Crippen molar-refractivity contribution in [3.05, 3.63) is 0 Å². The van der Waals surface area contributed by atoms with Gasteiger partial charge in [0.15, 0.2) is 0 Å². The molecule has 2 atom stereocenters. The summed E-state index contributed by atoms with van der Waals surface area (Å²) in [6, 6.07) is 2.54. The van der Waals surface area contributed by atoms with E-state index in [-0.39, 0.29) is 11.9 Å². The Hall–Kier alpha value is -1.12. The van der Waals surface area contributed by atoms with Gasteiger partial charge in [0.2, 0.25) is 0 Å². The number of likely N-dealkylation sites (N-methyl/N-ethyl adjacent to an activating group) is 1. The Labute approximate surface area is 103 Å². The molecule has 1 N–H and O–H groups in total. The fourth-order valence-electron chi connectivity index (χ4n) is 2.44. The molecule has 0 spiro atoms. The van der Waals surface area contributed by atoms with Gasteiger partial charge in [-0.2, -0.15) is 5.26 Å². The molecule has 0 aromatic rings. The minimum Gasteiger partial charge on any atom is -0.469 e. The summed E-state index contributed by atoms with van der Waals surface area (Å²) in [4.78, 5) is 13.4. The van der Waals surface area contributed by atoms with Gasteiger partial charge in [0.1, 0.15) is 0 Å². The minimum atomic E-state index is -0.163. The largest absolute Gasteiger partial charge is 0.469 e. The van der Waals surface area contributed by atoms with Crippen LogP contribution in [0.5, 0.6) is 0 Å². The predicted octanol–water partition coefficient (Wildman–Crippen LogP) is 0.373. The second kappa shape index (κ2) is 7.25. The quantitative estimate of drug-likeness (QED) is 0.555. The van der Waals surface area contributed by atoms with Crippen LogP contribution in [0.15, 0.2) is 0 Å². The van der Waals surface area contributed by atoms with Gasteiger partial charge < -0.3 is 10.1 Å². The third-order valence-corrected chi connectivity index (χ3v) is 3.08. The number of carbonyl (C=O) groups is 1. The van der Waals surface area contributed by atoms with E-state index >= 15 is 0 Å². The highest BCUT2D eigenvalue weighted by Crippen LogP contribution is 2.20. The van der Waals surface area contributed by atoms with Crippen molar-refractivity contribution in [2.45, 2.75) is 25.8 Å². The summed E-state index contributed by atoms with van der Waals surface area (Å²) in [5.41, 5.74) is 0. The Morgan fingerprint density at radius 3 is 2.94 bits per heavy atom. The van der Waals surface area contributed by atoms with Crippen molar-refractivity contribution in [1.82, 2.24) is 10.2 Å². The molecule has 1 fully saturated rings. The van der Waals surface area contributed by atoms with Gasteiger partial charge >= 0.3 is 5.97 Å². The first kappa shape index (κ1) is 13.9. The Morgan fingerprint density at radius 2 is 2.35 bits per heavy atom. The lowest BCUT2D eigenvalue weighted by molar-refractivity contribution is -0.142. The van der Waals surface area contributed by atoms with Crippen LogP contribution in [0.1, 0.15) is 19.8 Å². The number of rotatable bonds is 5. The Kier molecular flexibility index (Phi) is 5.95. The zero-order valence-corrected chi connectivity index (χ0v) is 10.6. The molecule has 0 aromatic heterocycles. The average molecular weight is 239 g/mol. The van der Waals surface area contributed by atoms with Crippen LogP contribution >= 0.6 is 0 Å². The highest BCUT2D eigenvalue weighted by atomic mass is 16.5. The van der Waals surface area contributed by atoms with Gasteiger partial charge in [-0.15, -0.1) is 0 Å². The SMILES string of the molecule is CCNC1CC(CC(=O)OC)CN(CC#N)C1. The molecular weight excluding hydrogens is 218 g/mol. The molecule has 0 radical (unpaired) electrons. The molecule has 1 aliphatic rings. The zero-order chi connectivity index (χ0) is 12.7. The van der Waals surface area contributed by atoms with Crippen molar-refractivity contribution in [2.24, 2.45) is 5.92 Å².